The van der Waals surface area contributed by atoms with Crippen LogP contribution in [0.1, 0.15) is 58.8 Å². The van der Waals surface area contributed by atoms with Gasteiger partial charge in [0.05, 0.1) is 5.84 Å². The first-order valence-electron chi connectivity index (χ1n) is 7.07. The molecule has 1 heterocycles. The molecule has 1 saturated carbocycles. The molecule has 0 aromatic rings. The van der Waals surface area contributed by atoms with Crippen LogP contribution in [0.15, 0.2) is 4.99 Å². The summed E-state index contributed by atoms with van der Waals surface area (Å²) in [5.41, 5.74) is 0. The summed E-state index contributed by atoms with van der Waals surface area (Å²) in [6.07, 6.45) is 9.26. The Kier molecular flexibility index (Phi) is 4.25. The van der Waals surface area contributed by atoms with Crippen molar-refractivity contribution in [2.75, 3.05) is 6.54 Å². The standard InChI is InChI=1S/C14H26N2/c1-11-7-6-8-13(12(11)2)16-14-9-4-3-5-10-15-14/h11-13H,3-10H2,1-2H3,(H,15,16). The van der Waals surface area contributed by atoms with Gasteiger partial charge in [0.15, 0.2) is 0 Å². The highest BCUT2D eigenvalue weighted by Crippen LogP contribution is 2.29. The van der Waals surface area contributed by atoms with Gasteiger partial charge < -0.3 is 5.32 Å². The van der Waals surface area contributed by atoms with Crippen molar-refractivity contribution in [2.45, 2.75) is 64.8 Å². The fourth-order valence-electron chi connectivity index (χ4n) is 2.99. The number of nitrogens with one attached hydrogen (secondary N) is 1. The summed E-state index contributed by atoms with van der Waals surface area (Å²) in [6.45, 7) is 5.84. The maximum Gasteiger partial charge on any atom is 0.0965 e. The third-order valence-electron chi connectivity index (χ3n) is 4.43. The number of hydrogen-bond acceptors (Lipinski definition) is 2. The zero-order chi connectivity index (χ0) is 11.4. The molecule has 1 fully saturated rings. The molecule has 1 aliphatic heterocycles. The van der Waals surface area contributed by atoms with Gasteiger partial charge in [-0.25, -0.2) is 0 Å². The van der Waals surface area contributed by atoms with E-state index >= 15 is 0 Å². The van der Waals surface area contributed by atoms with Crippen molar-refractivity contribution in [1.82, 2.24) is 5.32 Å². The van der Waals surface area contributed by atoms with E-state index in [0.29, 0.717) is 6.04 Å². The van der Waals surface area contributed by atoms with Gasteiger partial charge in [-0.2, -0.15) is 0 Å². The average molecular weight is 222 g/mol. The smallest absolute Gasteiger partial charge is 0.0965 e. The molecule has 2 heteroatoms. The van der Waals surface area contributed by atoms with Gasteiger partial charge >= 0.3 is 0 Å². The quantitative estimate of drug-likeness (QED) is 0.722. The summed E-state index contributed by atoms with van der Waals surface area (Å²) < 4.78 is 0. The molecule has 2 rings (SSSR count). The van der Waals surface area contributed by atoms with Gasteiger partial charge in [-0.3, -0.25) is 4.99 Å². The predicted molar refractivity (Wildman–Crippen MR) is 69.9 cm³/mol. The predicted octanol–water partition coefficient (Wildman–Crippen LogP) is 3.37. The van der Waals surface area contributed by atoms with Crippen LogP contribution in [0.5, 0.6) is 0 Å². The summed E-state index contributed by atoms with van der Waals surface area (Å²) in [6, 6.07) is 0.681. The van der Waals surface area contributed by atoms with Gasteiger partial charge in [0.2, 0.25) is 0 Å². The van der Waals surface area contributed by atoms with Crippen LogP contribution in [0.2, 0.25) is 0 Å². The number of rotatable bonds is 1. The summed E-state index contributed by atoms with van der Waals surface area (Å²) in [5.74, 6) is 2.97. The van der Waals surface area contributed by atoms with E-state index in [1.54, 1.807) is 0 Å². The van der Waals surface area contributed by atoms with Crippen LogP contribution in [0.3, 0.4) is 0 Å². The highest BCUT2D eigenvalue weighted by atomic mass is 15.0. The number of hydrogen-bond donors (Lipinski definition) is 1. The van der Waals surface area contributed by atoms with Crippen LogP contribution in [-0.2, 0) is 0 Å². The second kappa shape index (κ2) is 5.70. The van der Waals surface area contributed by atoms with Gasteiger partial charge in [0.25, 0.3) is 0 Å². The van der Waals surface area contributed by atoms with E-state index < -0.39 is 0 Å². The Labute approximate surface area is 99.9 Å². The van der Waals surface area contributed by atoms with Crippen molar-refractivity contribution in [3.63, 3.8) is 0 Å². The lowest BCUT2D eigenvalue weighted by atomic mass is 9.78. The molecule has 0 aromatic carbocycles. The number of aliphatic imine (C=N–C) groups is 1. The Morgan fingerprint density at radius 1 is 1.06 bits per heavy atom. The first kappa shape index (κ1) is 11.9. The van der Waals surface area contributed by atoms with Gasteiger partial charge in [0.1, 0.15) is 0 Å². The highest BCUT2D eigenvalue weighted by Gasteiger charge is 2.27. The number of nitrogens with zero attached hydrogens (tertiary/aromatic N) is 1. The first-order valence-corrected chi connectivity index (χ1v) is 7.07. The van der Waals surface area contributed by atoms with Crippen LogP contribution >= 0.6 is 0 Å². The maximum atomic E-state index is 4.68. The van der Waals surface area contributed by atoms with Crippen LogP contribution in [0.25, 0.3) is 0 Å². The molecule has 0 bridgehead atoms. The minimum absolute atomic E-state index is 0.681. The Balaban J connectivity index is 1.89. The second-order valence-corrected chi connectivity index (χ2v) is 5.66. The monoisotopic (exact) mass is 222 g/mol. The number of amidine groups is 1. The second-order valence-electron chi connectivity index (χ2n) is 5.66. The largest absolute Gasteiger partial charge is 0.371 e. The van der Waals surface area contributed by atoms with Crippen LogP contribution < -0.4 is 5.32 Å². The molecular formula is C14H26N2. The summed E-state index contributed by atoms with van der Waals surface area (Å²) in [5, 5.41) is 3.73. The average Bonchev–Trinajstić information content (AvgIpc) is 2.53. The molecule has 2 nitrogen and oxygen atoms in total. The van der Waals surface area contributed by atoms with Crippen molar-refractivity contribution in [3.8, 4) is 0 Å². The van der Waals surface area contributed by atoms with E-state index in [0.717, 1.165) is 18.4 Å². The summed E-state index contributed by atoms with van der Waals surface area (Å²) in [4.78, 5) is 4.68. The van der Waals surface area contributed by atoms with E-state index in [1.807, 2.05) is 0 Å². The fraction of sp³-hybridized carbons (Fsp3) is 0.929. The van der Waals surface area contributed by atoms with E-state index in [4.69, 9.17) is 0 Å². The lowest BCUT2D eigenvalue weighted by Gasteiger charge is -2.35. The zero-order valence-electron chi connectivity index (χ0n) is 10.8. The molecule has 0 amide bonds. The minimum atomic E-state index is 0.681. The molecular weight excluding hydrogens is 196 g/mol. The van der Waals surface area contributed by atoms with Crippen LogP contribution in [0, 0.1) is 11.8 Å². The van der Waals surface area contributed by atoms with Crippen molar-refractivity contribution in [3.05, 3.63) is 0 Å². The third-order valence-corrected chi connectivity index (χ3v) is 4.43. The Hall–Kier alpha value is -0.530. The van der Waals surface area contributed by atoms with Crippen molar-refractivity contribution in [2.24, 2.45) is 16.8 Å². The van der Waals surface area contributed by atoms with E-state index in [9.17, 15) is 0 Å². The zero-order valence-corrected chi connectivity index (χ0v) is 10.8. The van der Waals surface area contributed by atoms with Crippen molar-refractivity contribution in [1.29, 1.82) is 0 Å². The molecule has 0 spiro atoms. The summed E-state index contributed by atoms with van der Waals surface area (Å²) >= 11 is 0. The Bertz CT molecular complexity index is 247. The molecule has 0 aromatic heterocycles. The van der Waals surface area contributed by atoms with E-state index in [2.05, 4.69) is 24.2 Å². The Morgan fingerprint density at radius 3 is 2.81 bits per heavy atom. The summed E-state index contributed by atoms with van der Waals surface area (Å²) in [7, 11) is 0. The molecule has 1 aliphatic carbocycles. The maximum absolute atomic E-state index is 4.68. The lowest BCUT2D eigenvalue weighted by Crippen LogP contribution is -2.43. The van der Waals surface area contributed by atoms with Crippen molar-refractivity contribution >= 4 is 5.84 Å². The lowest BCUT2D eigenvalue weighted by molar-refractivity contribution is 0.224. The van der Waals surface area contributed by atoms with Crippen LogP contribution in [-0.4, -0.2) is 18.4 Å². The molecule has 0 radical (unpaired) electrons. The third kappa shape index (κ3) is 2.99. The van der Waals surface area contributed by atoms with Gasteiger partial charge in [-0.05, 0) is 31.1 Å². The van der Waals surface area contributed by atoms with Gasteiger partial charge in [-0.15, -0.1) is 0 Å². The SMILES string of the molecule is CC1CCCC(NC2=NCCCCC2)C1C. The fourth-order valence-corrected chi connectivity index (χ4v) is 2.99. The minimum Gasteiger partial charge on any atom is -0.371 e. The van der Waals surface area contributed by atoms with Gasteiger partial charge in [0, 0.05) is 19.0 Å². The molecule has 2 aliphatic rings. The molecule has 1 N–H and O–H groups in total. The van der Waals surface area contributed by atoms with Crippen molar-refractivity contribution < 1.29 is 0 Å². The Morgan fingerprint density at radius 2 is 1.94 bits per heavy atom. The highest BCUT2D eigenvalue weighted by molar-refractivity contribution is 5.82. The molecule has 16 heavy (non-hydrogen) atoms. The molecule has 3 unspecified atom stereocenters. The molecule has 92 valence electrons. The van der Waals surface area contributed by atoms with E-state index in [-0.39, 0.29) is 0 Å². The van der Waals surface area contributed by atoms with E-state index in [1.165, 1.54) is 50.8 Å². The topological polar surface area (TPSA) is 24.4 Å². The first-order chi connectivity index (χ1) is 7.77. The van der Waals surface area contributed by atoms with Crippen LogP contribution in [0.4, 0.5) is 0 Å². The van der Waals surface area contributed by atoms with Gasteiger partial charge in [-0.1, -0.05) is 33.1 Å². The molecule has 3 atom stereocenters. The molecule has 0 saturated heterocycles. The normalized spacial score (nSPS) is 36.4.